The molecular weight excluding hydrogens is 262 g/mol. The molecule has 0 saturated heterocycles. The molecule has 16 heavy (non-hydrogen) atoms. The predicted octanol–water partition coefficient (Wildman–Crippen LogP) is 4.24. The summed E-state index contributed by atoms with van der Waals surface area (Å²) in [6.45, 7) is 6.48. The first kappa shape index (κ1) is 13.5. The van der Waals surface area contributed by atoms with E-state index in [1.807, 2.05) is 6.07 Å². The normalized spacial score (nSPS) is 11.8. The molecule has 0 aliphatic heterocycles. The molecule has 2 heteroatoms. The predicted molar refractivity (Wildman–Crippen MR) is 75.6 cm³/mol. The van der Waals surface area contributed by atoms with Crippen molar-refractivity contribution in [3.05, 3.63) is 39.9 Å². The molecule has 1 rings (SSSR count). The molecule has 1 aromatic rings. The molecular formula is C14H20BrN. The van der Waals surface area contributed by atoms with E-state index in [2.05, 4.69) is 59.4 Å². The van der Waals surface area contributed by atoms with Crippen LogP contribution in [0.25, 0.3) is 6.08 Å². The molecule has 0 fully saturated rings. The average Bonchev–Trinajstić information content (AvgIpc) is 2.30. The third-order valence-electron chi connectivity index (χ3n) is 2.50. The van der Waals surface area contributed by atoms with Crippen LogP contribution in [-0.4, -0.2) is 13.1 Å². The van der Waals surface area contributed by atoms with E-state index < -0.39 is 0 Å². The van der Waals surface area contributed by atoms with Gasteiger partial charge in [0.05, 0.1) is 0 Å². The second-order valence-electron chi connectivity index (χ2n) is 3.85. The van der Waals surface area contributed by atoms with E-state index >= 15 is 0 Å². The molecule has 0 unspecified atom stereocenters. The average molecular weight is 282 g/mol. The molecule has 0 saturated carbocycles. The van der Waals surface area contributed by atoms with Crippen molar-refractivity contribution in [2.24, 2.45) is 0 Å². The molecule has 0 aromatic heterocycles. The van der Waals surface area contributed by atoms with Crippen molar-refractivity contribution in [2.45, 2.75) is 26.7 Å². The summed E-state index contributed by atoms with van der Waals surface area (Å²) in [4.78, 5) is 0. The summed E-state index contributed by atoms with van der Waals surface area (Å²) in [5.41, 5.74) is 2.71. The number of nitrogens with one attached hydrogen (secondary N) is 1. The lowest BCUT2D eigenvalue weighted by Crippen LogP contribution is -2.17. The molecule has 1 aromatic carbocycles. The largest absolute Gasteiger partial charge is 0.313 e. The zero-order valence-electron chi connectivity index (χ0n) is 10.1. The summed E-state index contributed by atoms with van der Waals surface area (Å²) in [6.07, 6.45) is 4.55. The highest BCUT2D eigenvalue weighted by atomic mass is 79.9. The van der Waals surface area contributed by atoms with Crippen LogP contribution in [0, 0.1) is 0 Å². The molecule has 1 N–H and O–H groups in total. The highest BCUT2D eigenvalue weighted by Gasteiger charge is 1.98. The monoisotopic (exact) mass is 281 g/mol. The zero-order valence-corrected chi connectivity index (χ0v) is 11.7. The van der Waals surface area contributed by atoms with Crippen molar-refractivity contribution in [3.63, 3.8) is 0 Å². The SMILES string of the molecule is CCCNCC(=Cc1ccccc1Br)CC. The Morgan fingerprint density at radius 2 is 2.06 bits per heavy atom. The van der Waals surface area contributed by atoms with Crippen molar-refractivity contribution in [1.29, 1.82) is 0 Å². The Labute approximate surface area is 107 Å². The number of halogens is 1. The Morgan fingerprint density at radius 1 is 1.31 bits per heavy atom. The zero-order chi connectivity index (χ0) is 11.8. The highest BCUT2D eigenvalue weighted by Crippen LogP contribution is 2.19. The first-order valence-electron chi connectivity index (χ1n) is 5.92. The fraction of sp³-hybridized carbons (Fsp3) is 0.429. The van der Waals surface area contributed by atoms with E-state index in [0.717, 1.165) is 24.0 Å². The fourth-order valence-electron chi connectivity index (χ4n) is 1.52. The van der Waals surface area contributed by atoms with Crippen LogP contribution in [0.3, 0.4) is 0 Å². The van der Waals surface area contributed by atoms with Gasteiger partial charge < -0.3 is 5.32 Å². The first-order valence-corrected chi connectivity index (χ1v) is 6.72. The maximum Gasteiger partial charge on any atom is 0.0247 e. The Hall–Kier alpha value is -0.600. The van der Waals surface area contributed by atoms with Gasteiger partial charge in [-0.3, -0.25) is 0 Å². The second kappa shape index (κ2) is 7.64. The molecule has 0 bridgehead atoms. The van der Waals surface area contributed by atoms with Crippen LogP contribution in [0.15, 0.2) is 34.3 Å². The van der Waals surface area contributed by atoms with Crippen LogP contribution in [0.1, 0.15) is 32.3 Å². The molecule has 0 amide bonds. The van der Waals surface area contributed by atoms with Crippen molar-refractivity contribution in [3.8, 4) is 0 Å². The Balaban J connectivity index is 2.68. The summed E-state index contributed by atoms with van der Waals surface area (Å²) in [5, 5.41) is 3.44. The minimum atomic E-state index is 0.992. The van der Waals surface area contributed by atoms with E-state index in [4.69, 9.17) is 0 Å². The van der Waals surface area contributed by atoms with Gasteiger partial charge in [-0.05, 0) is 31.0 Å². The Morgan fingerprint density at radius 3 is 2.69 bits per heavy atom. The van der Waals surface area contributed by atoms with Crippen LogP contribution in [-0.2, 0) is 0 Å². The second-order valence-corrected chi connectivity index (χ2v) is 4.71. The minimum absolute atomic E-state index is 0.992. The van der Waals surface area contributed by atoms with Gasteiger partial charge in [-0.2, -0.15) is 0 Å². The standard InChI is InChI=1S/C14H20BrN/c1-3-9-16-11-12(4-2)10-13-7-5-6-8-14(13)15/h5-8,10,16H,3-4,9,11H2,1-2H3. The Bertz CT molecular complexity index is 344. The lowest BCUT2D eigenvalue weighted by molar-refractivity contribution is 0.706. The lowest BCUT2D eigenvalue weighted by Gasteiger charge is -2.07. The van der Waals surface area contributed by atoms with Crippen LogP contribution in [0.5, 0.6) is 0 Å². The molecule has 0 atom stereocenters. The van der Waals surface area contributed by atoms with Gasteiger partial charge in [-0.1, -0.05) is 59.6 Å². The Kier molecular flexibility index (Phi) is 6.43. The fourth-order valence-corrected chi connectivity index (χ4v) is 1.92. The smallest absolute Gasteiger partial charge is 0.0247 e. The molecule has 0 heterocycles. The van der Waals surface area contributed by atoms with Crippen LogP contribution < -0.4 is 5.32 Å². The lowest BCUT2D eigenvalue weighted by atomic mass is 10.1. The maximum absolute atomic E-state index is 3.57. The molecule has 0 aliphatic rings. The van der Waals surface area contributed by atoms with Crippen molar-refractivity contribution in [2.75, 3.05) is 13.1 Å². The van der Waals surface area contributed by atoms with Crippen molar-refractivity contribution < 1.29 is 0 Å². The van der Waals surface area contributed by atoms with Gasteiger partial charge in [0.2, 0.25) is 0 Å². The highest BCUT2D eigenvalue weighted by molar-refractivity contribution is 9.10. The topological polar surface area (TPSA) is 12.0 Å². The van der Waals surface area contributed by atoms with E-state index in [1.54, 1.807) is 0 Å². The van der Waals surface area contributed by atoms with Gasteiger partial charge >= 0.3 is 0 Å². The van der Waals surface area contributed by atoms with Gasteiger partial charge in [-0.25, -0.2) is 0 Å². The number of benzene rings is 1. The number of hydrogen-bond acceptors (Lipinski definition) is 1. The number of hydrogen-bond donors (Lipinski definition) is 1. The third-order valence-corrected chi connectivity index (χ3v) is 3.22. The van der Waals surface area contributed by atoms with Gasteiger partial charge in [0, 0.05) is 11.0 Å². The van der Waals surface area contributed by atoms with Crippen LogP contribution in [0.4, 0.5) is 0 Å². The van der Waals surface area contributed by atoms with E-state index in [1.165, 1.54) is 17.6 Å². The molecule has 1 nitrogen and oxygen atoms in total. The van der Waals surface area contributed by atoms with Crippen LogP contribution in [0.2, 0.25) is 0 Å². The first-order chi connectivity index (χ1) is 7.77. The maximum atomic E-state index is 3.57. The molecule has 88 valence electrons. The summed E-state index contributed by atoms with van der Waals surface area (Å²) in [6, 6.07) is 8.34. The van der Waals surface area contributed by atoms with E-state index in [-0.39, 0.29) is 0 Å². The van der Waals surface area contributed by atoms with E-state index in [0.29, 0.717) is 0 Å². The molecule has 0 radical (unpaired) electrons. The van der Waals surface area contributed by atoms with Crippen molar-refractivity contribution in [1.82, 2.24) is 5.32 Å². The quantitative estimate of drug-likeness (QED) is 0.769. The van der Waals surface area contributed by atoms with Crippen molar-refractivity contribution >= 4 is 22.0 Å². The van der Waals surface area contributed by atoms with Gasteiger partial charge in [0.15, 0.2) is 0 Å². The van der Waals surface area contributed by atoms with Gasteiger partial charge in [0.25, 0.3) is 0 Å². The van der Waals surface area contributed by atoms with Gasteiger partial charge in [0.1, 0.15) is 0 Å². The van der Waals surface area contributed by atoms with Gasteiger partial charge in [-0.15, -0.1) is 0 Å². The minimum Gasteiger partial charge on any atom is -0.313 e. The summed E-state index contributed by atoms with van der Waals surface area (Å²) in [5.74, 6) is 0. The molecule has 0 aliphatic carbocycles. The molecule has 0 spiro atoms. The summed E-state index contributed by atoms with van der Waals surface area (Å²) in [7, 11) is 0. The van der Waals surface area contributed by atoms with Crippen LogP contribution >= 0.6 is 15.9 Å². The summed E-state index contributed by atoms with van der Waals surface area (Å²) < 4.78 is 1.16. The number of rotatable bonds is 6. The van der Waals surface area contributed by atoms with E-state index in [9.17, 15) is 0 Å². The summed E-state index contributed by atoms with van der Waals surface area (Å²) >= 11 is 3.57. The third kappa shape index (κ3) is 4.50.